The molecule has 2 heterocycles. The Hall–Kier alpha value is -5.22. The van der Waals surface area contributed by atoms with Gasteiger partial charge < -0.3 is 5.11 Å². The largest absolute Gasteiger partial charge is 0.507 e. The summed E-state index contributed by atoms with van der Waals surface area (Å²) in [5.41, 5.74) is 7.63. The molecular formula is C35H27N3O. The highest BCUT2D eigenvalue weighted by atomic mass is 16.3. The highest BCUT2D eigenvalue weighted by Crippen LogP contribution is 2.36. The van der Waals surface area contributed by atoms with Crippen LogP contribution in [0.4, 0.5) is 17.2 Å². The molecule has 39 heavy (non-hydrogen) atoms. The number of hydrogen-bond acceptors (Lipinski definition) is 4. The molecule has 0 atom stereocenters. The Morgan fingerprint density at radius 3 is 2.03 bits per heavy atom. The maximum Gasteiger partial charge on any atom is 0.137 e. The lowest BCUT2D eigenvalue weighted by Gasteiger charge is -2.24. The third-order valence-electron chi connectivity index (χ3n) is 6.61. The number of phenolic OH excluding ortho intramolecular Hbond substituents is 1. The molecular weight excluding hydrogens is 478 g/mol. The van der Waals surface area contributed by atoms with Gasteiger partial charge in [0.05, 0.1) is 11.4 Å². The first-order valence-corrected chi connectivity index (χ1v) is 12.9. The van der Waals surface area contributed by atoms with Crippen LogP contribution in [0.15, 0.2) is 146 Å². The summed E-state index contributed by atoms with van der Waals surface area (Å²) in [6, 6.07) is 46.5. The van der Waals surface area contributed by atoms with Gasteiger partial charge in [-0.3, -0.25) is 4.90 Å². The molecule has 6 aromatic rings. The molecule has 0 aliphatic rings. The molecule has 4 aromatic carbocycles. The van der Waals surface area contributed by atoms with Crippen molar-refractivity contribution < 1.29 is 5.11 Å². The van der Waals surface area contributed by atoms with E-state index in [9.17, 15) is 5.11 Å². The van der Waals surface area contributed by atoms with Crippen molar-refractivity contribution in [2.24, 2.45) is 0 Å². The van der Waals surface area contributed by atoms with Crippen molar-refractivity contribution in [3.8, 4) is 28.3 Å². The van der Waals surface area contributed by atoms with Crippen molar-refractivity contribution in [1.82, 2.24) is 9.97 Å². The van der Waals surface area contributed by atoms with Gasteiger partial charge in [0.1, 0.15) is 11.6 Å². The number of pyridine rings is 2. The van der Waals surface area contributed by atoms with Crippen LogP contribution in [-0.4, -0.2) is 15.1 Å². The molecule has 4 heteroatoms. The van der Waals surface area contributed by atoms with Crippen molar-refractivity contribution in [3.63, 3.8) is 0 Å². The van der Waals surface area contributed by atoms with Crippen LogP contribution in [0.5, 0.6) is 5.75 Å². The van der Waals surface area contributed by atoms with E-state index in [1.54, 1.807) is 6.07 Å². The number of rotatable bonds is 7. The van der Waals surface area contributed by atoms with E-state index in [2.05, 4.69) is 82.7 Å². The van der Waals surface area contributed by atoms with E-state index in [-0.39, 0.29) is 5.75 Å². The molecule has 0 amide bonds. The van der Waals surface area contributed by atoms with E-state index in [4.69, 9.17) is 4.98 Å². The number of hydrogen-bond donors (Lipinski definition) is 1. The summed E-state index contributed by atoms with van der Waals surface area (Å²) in [4.78, 5) is 11.8. The molecule has 2 aromatic heterocycles. The monoisotopic (exact) mass is 505 g/mol. The SMILES string of the molecule is Oc1ccccc1-c1cc(Cc2ccccc2)cc(-c2cccc(N(c3ccccc3)c3ccccn3)c2)n1. The second kappa shape index (κ2) is 11.0. The number of phenols is 1. The topological polar surface area (TPSA) is 49.2 Å². The average Bonchev–Trinajstić information content (AvgIpc) is 2.99. The van der Waals surface area contributed by atoms with E-state index in [0.29, 0.717) is 5.56 Å². The molecule has 0 saturated heterocycles. The van der Waals surface area contributed by atoms with Crippen LogP contribution < -0.4 is 4.90 Å². The molecule has 0 bridgehead atoms. The van der Waals surface area contributed by atoms with Gasteiger partial charge in [0.2, 0.25) is 0 Å². The molecule has 0 aliphatic heterocycles. The predicted octanol–water partition coefficient (Wildman–Crippen LogP) is 8.58. The van der Waals surface area contributed by atoms with E-state index >= 15 is 0 Å². The molecule has 0 aliphatic carbocycles. The number of benzene rings is 4. The van der Waals surface area contributed by atoms with Gasteiger partial charge in [-0.15, -0.1) is 0 Å². The number of nitrogens with zero attached hydrogens (tertiary/aromatic N) is 3. The van der Waals surface area contributed by atoms with Crippen LogP contribution in [0, 0.1) is 0 Å². The van der Waals surface area contributed by atoms with Gasteiger partial charge in [0, 0.05) is 28.7 Å². The minimum absolute atomic E-state index is 0.215. The molecule has 188 valence electrons. The van der Waals surface area contributed by atoms with Crippen LogP contribution in [-0.2, 0) is 6.42 Å². The fourth-order valence-corrected chi connectivity index (χ4v) is 4.78. The first-order valence-electron chi connectivity index (χ1n) is 12.9. The number of aromatic hydroxyl groups is 1. The Kier molecular flexibility index (Phi) is 6.83. The molecule has 4 nitrogen and oxygen atoms in total. The van der Waals surface area contributed by atoms with E-state index in [0.717, 1.165) is 46.1 Å². The second-order valence-corrected chi connectivity index (χ2v) is 9.33. The zero-order chi connectivity index (χ0) is 26.4. The maximum atomic E-state index is 10.6. The minimum Gasteiger partial charge on any atom is -0.507 e. The Balaban J connectivity index is 1.47. The smallest absolute Gasteiger partial charge is 0.137 e. The first kappa shape index (κ1) is 24.1. The van der Waals surface area contributed by atoms with Gasteiger partial charge in [-0.25, -0.2) is 9.97 Å². The fraction of sp³-hybridized carbons (Fsp3) is 0.0286. The summed E-state index contributed by atoms with van der Waals surface area (Å²) >= 11 is 0. The van der Waals surface area contributed by atoms with Gasteiger partial charge in [-0.05, 0) is 78.2 Å². The summed E-state index contributed by atoms with van der Waals surface area (Å²) in [6.45, 7) is 0. The average molecular weight is 506 g/mol. The quantitative estimate of drug-likeness (QED) is 0.236. The van der Waals surface area contributed by atoms with Crippen LogP contribution in [0.2, 0.25) is 0 Å². The molecule has 6 rings (SSSR count). The molecule has 0 fully saturated rings. The summed E-state index contributed by atoms with van der Waals surface area (Å²) in [6.07, 6.45) is 2.57. The van der Waals surface area contributed by atoms with Gasteiger partial charge in [-0.2, -0.15) is 0 Å². The molecule has 0 spiro atoms. The number of para-hydroxylation sites is 2. The lowest BCUT2D eigenvalue weighted by molar-refractivity contribution is 0.477. The Morgan fingerprint density at radius 2 is 1.26 bits per heavy atom. The lowest BCUT2D eigenvalue weighted by Crippen LogP contribution is -2.11. The highest BCUT2D eigenvalue weighted by Gasteiger charge is 2.15. The highest BCUT2D eigenvalue weighted by molar-refractivity contribution is 5.78. The number of anilines is 3. The molecule has 0 unspecified atom stereocenters. The van der Waals surface area contributed by atoms with Crippen molar-refractivity contribution in [1.29, 1.82) is 0 Å². The number of aromatic nitrogens is 2. The summed E-state index contributed by atoms with van der Waals surface area (Å²) < 4.78 is 0. The second-order valence-electron chi connectivity index (χ2n) is 9.33. The first-order chi connectivity index (χ1) is 19.2. The predicted molar refractivity (Wildman–Crippen MR) is 158 cm³/mol. The zero-order valence-electron chi connectivity index (χ0n) is 21.4. The minimum atomic E-state index is 0.215. The standard InChI is InChI=1S/C35H27N3O/c39-34-19-8-7-18-31(34)33-24-27(22-26-12-3-1-4-13-26)23-32(37-33)28-14-11-17-30(25-28)38(29-15-5-2-6-16-29)35-20-9-10-21-36-35/h1-21,23-25,39H,22H2. The van der Waals surface area contributed by atoms with Crippen LogP contribution in [0.3, 0.4) is 0 Å². The molecule has 0 radical (unpaired) electrons. The van der Waals surface area contributed by atoms with E-state index in [1.807, 2.05) is 66.9 Å². The van der Waals surface area contributed by atoms with Crippen molar-refractivity contribution in [2.45, 2.75) is 6.42 Å². The van der Waals surface area contributed by atoms with Crippen LogP contribution in [0.25, 0.3) is 22.5 Å². The van der Waals surface area contributed by atoms with Crippen molar-refractivity contribution in [2.75, 3.05) is 4.90 Å². The maximum absolute atomic E-state index is 10.6. The van der Waals surface area contributed by atoms with Crippen LogP contribution in [0.1, 0.15) is 11.1 Å². The third kappa shape index (κ3) is 5.41. The Bertz CT molecular complexity index is 1650. The Labute approximate surface area is 228 Å². The third-order valence-corrected chi connectivity index (χ3v) is 6.61. The lowest BCUT2D eigenvalue weighted by atomic mass is 9.99. The molecule has 1 N–H and O–H groups in total. The summed E-state index contributed by atoms with van der Waals surface area (Å²) in [5.74, 6) is 1.05. The van der Waals surface area contributed by atoms with E-state index in [1.165, 1.54) is 5.56 Å². The van der Waals surface area contributed by atoms with Crippen molar-refractivity contribution in [3.05, 3.63) is 157 Å². The summed E-state index contributed by atoms with van der Waals surface area (Å²) in [5, 5.41) is 10.6. The van der Waals surface area contributed by atoms with E-state index < -0.39 is 0 Å². The van der Waals surface area contributed by atoms with Crippen molar-refractivity contribution >= 4 is 17.2 Å². The molecule has 0 saturated carbocycles. The zero-order valence-corrected chi connectivity index (χ0v) is 21.4. The van der Waals surface area contributed by atoms with Gasteiger partial charge in [0.25, 0.3) is 0 Å². The van der Waals surface area contributed by atoms with Gasteiger partial charge in [-0.1, -0.05) is 78.9 Å². The fourth-order valence-electron chi connectivity index (χ4n) is 4.78. The van der Waals surface area contributed by atoms with Gasteiger partial charge >= 0.3 is 0 Å². The van der Waals surface area contributed by atoms with Crippen LogP contribution >= 0.6 is 0 Å². The summed E-state index contributed by atoms with van der Waals surface area (Å²) in [7, 11) is 0. The normalized spacial score (nSPS) is 10.8. The van der Waals surface area contributed by atoms with Gasteiger partial charge in [0.15, 0.2) is 0 Å². The Morgan fingerprint density at radius 1 is 0.564 bits per heavy atom.